The number of rotatable bonds is 7. The van der Waals surface area contributed by atoms with Crippen LogP contribution in [0.5, 0.6) is 0 Å². The Morgan fingerprint density at radius 2 is 2.00 bits per heavy atom. The smallest absolute Gasteiger partial charge is 0.353 e. The van der Waals surface area contributed by atoms with E-state index in [1.807, 2.05) is 0 Å². The normalized spacial score (nSPS) is 18.3. The highest BCUT2D eigenvalue weighted by atomic mass is 16.7. The zero-order valence-electron chi connectivity index (χ0n) is 9.36. The maximum absolute atomic E-state index is 11.9. The van der Waals surface area contributed by atoms with Gasteiger partial charge in [-0.2, -0.15) is 0 Å². The van der Waals surface area contributed by atoms with Gasteiger partial charge in [-0.3, -0.25) is 16.1 Å². The number of hydrazine groups is 2. The lowest BCUT2D eigenvalue weighted by molar-refractivity contribution is -0.161. The van der Waals surface area contributed by atoms with Crippen molar-refractivity contribution >= 4 is 11.9 Å². The van der Waals surface area contributed by atoms with Gasteiger partial charge in [0.05, 0.1) is 0 Å². The third-order valence-electron chi connectivity index (χ3n) is 2.50. The van der Waals surface area contributed by atoms with Crippen LogP contribution in [0.4, 0.5) is 0 Å². The summed E-state index contributed by atoms with van der Waals surface area (Å²) in [6, 6.07) is 0.0925. The average Bonchev–Trinajstić information content (AvgIpc) is 3.09. The third-order valence-corrected chi connectivity index (χ3v) is 2.50. The molecular weight excluding hydrogens is 228 g/mol. The highest BCUT2D eigenvalue weighted by Gasteiger charge is 2.45. The number of carbonyl (C=O) groups is 2. The third kappa shape index (κ3) is 3.61. The van der Waals surface area contributed by atoms with Gasteiger partial charge in [0.15, 0.2) is 5.54 Å². The van der Waals surface area contributed by atoms with E-state index in [-0.39, 0.29) is 19.0 Å². The second kappa shape index (κ2) is 5.89. The van der Waals surface area contributed by atoms with Gasteiger partial charge < -0.3 is 15.9 Å². The Kier molecular flexibility index (Phi) is 4.78. The lowest BCUT2D eigenvalue weighted by atomic mass is 9.95. The van der Waals surface area contributed by atoms with Gasteiger partial charge >= 0.3 is 5.97 Å². The van der Waals surface area contributed by atoms with E-state index in [1.54, 1.807) is 5.59 Å². The van der Waals surface area contributed by atoms with Gasteiger partial charge in [0.25, 0.3) is 5.91 Å². The highest BCUT2D eigenvalue weighted by molar-refractivity contribution is 6.07. The summed E-state index contributed by atoms with van der Waals surface area (Å²) >= 11 is 0. The molecule has 0 heterocycles. The van der Waals surface area contributed by atoms with E-state index in [2.05, 4.69) is 15.6 Å². The first-order chi connectivity index (χ1) is 8.04. The number of carbonyl (C=O) groups excluding carboxylic acids is 2. The number of nitrogens with one attached hydrogen (secondary N) is 3. The Bertz CT molecular complexity index is 295. The maximum Gasteiger partial charge on any atom is 0.355 e. The number of amides is 1. The van der Waals surface area contributed by atoms with Crippen LogP contribution in [0, 0.1) is 0 Å². The molecule has 0 aromatic carbocycles. The molecule has 1 fully saturated rings. The summed E-state index contributed by atoms with van der Waals surface area (Å²) in [6.45, 7) is 0.189. The van der Waals surface area contributed by atoms with E-state index in [9.17, 15) is 9.59 Å². The van der Waals surface area contributed by atoms with Crippen LogP contribution in [-0.4, -0.2) is 30.0 Å². The first kappa shape index (κ1) is 13.8. The zero-order valence-corrected chi connectivity index (χ0v) is 9.36. The molecule has 0 aromatic rings. The summed E-state index contributed by atoms with van der Waals surface area (Å²) in [5, 5.41) is 2.64. The molecule has 9 nitrogen and oxygen atoms in total. The van der Waals surface area contributed by atoms with Crippen LogP contribution in [-0.2, 0) is 14.4 Å². The number of nitrogens with two attached hydrogens (primary N) is 3. The fraction of sp³-hybridized carbons (Fsp3) is 0.750. The largest absolute Gasteiger partial charge is 0.355 e. The van der Waals surface area contributed by atoms with E-state index in [0.717, 1.165) is 12.8 Å². The molecule has 0 bridgehead atoms. The molecule has 9 N–H and O–H groups in total. The van der Waals surface area contributed by atoms with Crippen molar-refractivity contribution in [2.45, 2.75) is 30.8 Å². The fourth-order valence-electron chi connectivity index (χ4n) is 1.26. The van der Waals surface area contributed by atoms with Gasteiger partial charge in [-0.05, 0) is 19.3 Å². The molecule has 9 heteroatoms. The summed E-state index contributed by atoms with van der Waals surface area (Å²) < 4.78 is 0. The van der Waals surface area contributed by atoms with E-state index >= 15 is 0 Å². The van der Waals surface area contributed by atoms with Gasteiger partial charge in [-0.25, -0.2) is 10.6 Å². The van der Waals surface area contributed by atoms with Gasteiger partial charge in [0.1, 0.15) is 0 Å². The highest BCUT2D eigenvalue weighted by Crippen LogP contribution is 2.20. The Labute approximate surface area is 98.3 Å². The monoisotopic (exact) mass is 246 g/mol. The lowest BCUT2D eigenvalue weighted by Crippen LogP contribution is -2.62. The molecule has 1 rings (SSSR count). The van der Waals surface area contributed by atoms with Crippen LogP contribution in [0.15, 0.2) is 0 Å². The predicted octanol–water partition coefficient (Wildman–Crippen LogP) is -3.26. The SMILES string of the molecule is NNCCC(N)(C(=O)NC1CC1)C(=O)ONN. The van der Waals surface area contributed by atoms with Crippen LogP contribution in [0.3, 0.4) is 0 Å². The molecular formula is C8H18N6O3. The second-order valence-corrected chi connectivity index (χ2v) is 3.93. The molecule has 0 radical (unpaired) electrons. The quantitative estimate of drug-likeness (QED) is 0.155. The molecule has 0 aromatic heterocycles. The molecule has 1 aliphatic rings. The van der Waals surface area contributed by atoms with Crippen molar-refractivity contribution in [1.29, 1.82) is 0 Å². The summed E-state index contributed by atoms with van der Waals surface area (Å²) in [6.07, 6.45) is 1.78. The summed E-state index contributed by atoms with van der Waals surface area (Å²) in [5.74, 6) is 8.40. The standard InChI is InChI=1S/C8H18N6O3/c9-8(3-4-12-10,7(16)17-14-11)6(15)13-5-1-2-5/h5,12,14H,1-4,9-11H2,(H,13,15). The zero-order chi connectivity index (χ0) is 12.9. The van der Waals surface area contributed by atoms with E-state index in [1.165, 1.54) is 0 Å². The average molecular weight is 246 g/mol. The molecule has 1 amide bonds. The van der Waals surface area contributed by atoms with E-state index in [0.29, 0.717) is 0 Å². The van der Waals surface area contributed by atoms with Crippen LogP contribution < -0.4 is 33.8 Å². The molecule has 1 unspecified atom stereocenters. The van der Waals surface area contributed by atoms with Crippen LogP contribution >= 0.6 is 0 Å². The Balaban J connectivity index is 2.67. The van der Waals surface area contributed by atoms with Crippen molar-refractivity contribution in [3.8, 4) is 0 Å². The summed E-state index contributed by atoms with van der Waals surface area (Å²) in [4.78, 5) is 27.8. The minimum atomic E-state index is -1.80. The predicted molar refractivity (Wildman–Crippen MR) is 58.3 cm³/mol. The second-order valence-electron chi connectivity index (χ2n) is 3.93. The molecule has 1 aliphatic carbocycles. The Hall–Kier alpha value is -1.26. The molecule has 1 atom stereocenters. The van der Waals surface area contributed by atoms with Crippen LogP contribution in [0.1, 0.15) is 19.3 Å². The molecule has 17 heavy (non-hydrogen) atoms. The Morgan fingerprint density at radius 3 is 2.47 bits per heavy atom. The van der Waals surface area contributed by atoms with Crippen molar-refractivity contribution in [2.75, 3.05) is 6.54 Å². The van der Waals surface area contributed by atoms with Crippen molar-refractivity contribution in [1.82, 2.24) is 16.3 Å². The van der Waals surface area contributed by atoms with Crippen molar-refractivity contribution < 1.29 is 14.4 Å². The first-order valence-electron chi connectivity index (χ1n) is 5.24. The molecule has 1 saturated carbocycles. The maximum atomic E-state index is 11.9. The van der Waals surface area contributed by atoms with E-state index in [4.69, 9.17) is 17.4 Å². The van der Waals surface area contributed by atoms with E-state index < -0.39 is 17.4 Å². The summed E-state index contributed by atoms with van der Waals surface area (Å²) in [7, 11) is 0. The molecule has 0 aliphatic heterocycles. The first-order valence-corrected chi connectivity index (χ1v) is 5.24. The van der Waals surface area contributed by atoms with Gasteiger partial charge in [0, 0.05) is 12.6 Å². The Morgan fingerprint density at radius 1 is 1.35 bits per heavy atom. The fourth-order valence-corrected chi connectivity index (χ4v) is 1.26. The number of hydrogen-bond acceptors (Lipinski definition) is 8. The number of hydrogen-bond donors (Lipinski definition) is 6. The molecule has 0 spiro atoms. The van der Waals surface area contributed by atoms with Crippen LogP contribution in [0.25, 0.3) is 0 Å². The minimum absolute atomic E-state index is 0.00255. The van der Waals surface area contributed by atoms with Crippen LogP contribution in [0.2, 0.25) is 0 Å². The minimum Gasteiger partial charge on any atom is -0.353 e. The van der Waals surface area contributed by atoms with Crippen molar-refractivity contribution in [3.05, 3.63) is 0 Å². The van der Waals surface area contributed by atoms with Crippen molar-refractivity contribution in [2.24, 2.45) is 17.4 Å². The van der Waals surface area contributed by atoms with Crippen molar-refractivity contribution in [3.63, 3.8) is 0 Å². The topological polar surface area (TPSA) is 158 Å². The molecule has 0 saturated heterocycles. The van der Waals surface area contributed by atoms with Gasteiger partial charge in [-0.15, -0.1) is 0 Å². The molecule has 98 valence electrons. The van der Waals surface area contributed by atoms with Gasteiger partial charge in [-0.1, -0.05) is 5.59 Å². The lowest BCUT2D eigenvalue weighted by Gasteiger charge is -2.25. The summed E-state index contributed by atoms with van der Waals surface area (Å²) in [5.41, 5.74) is 7.99. The van der Waals surface area contributed by atoms with Gasteiger partial charge in [0.2, 0.25) is 0 Å².